The summed E-state index contributed by atoms with van der Waals surface area (Å²) in [6.07, 6.45) is 4.12. The molecule has 1 fully saturated rings. The van der Waals surface area contributed by atoms with E-state index in [1.54, 1.807) is 11.7 Å². The van der Waals surface area contributed by atoms with E-state index in [0.717, 1.165) is 19.3 Å². The van der Waals surface area contributed by atoms with Crippen molar-refractivity contribution in [2.45, 2.75) is 31.9 Å². The smallest absolute Gasteiger partial charge is 0.339 e. The van der Waals surface area contributed by atoms with Crippen LogP contribution in [-0.4, -0.2) is 38.6 Å². The number of hydrogen-bond acceptors (Lipinski definition) is 4. The van der Waals surface area contributed by atoms with Crippen LogP contribution in [0, 0.1) is 5.92 Å². The SMILES string of the molecule is Cn1ncc(C(=O)O)c1CNCC1CCCC1O. The molecule has 6 heteroatoms. The Kier molecular flexibility index (Phi) is 3.98. The molecule has 1 aromatic rings. The first kappa shape index (κ1) is 13.0. The van der Waals surface area contributed by atoms with Gasteiger partial charge in [0.15, 0.2) is 0 Å². The monoisotopic (exact) mass is 253 g/mol. The van der Waals surface area contributed by atoms with Crippen molar-refractivity contribution in [1.29, 1.82) is 0 Å². The van der Waals surface area contributed by atoms with Gasteiger partial charge in [-0.05, 0) is 18.8 Å². The standard InChI is InChI=1S/C12H19N3O3/c1-15-10(9(6-14-15)12(17)18)7-13-5-8-3-2-4-11(8)16/h6,8,11,13,16H,2-5,7H2,1H3,(H,17,18). The lowest BCUT2D eigenvalue weighted by Crippen LogP contribution is -2.28. The first-order valence-electron chi connectivity index (χ1n) is 6.22. The van der Waals surface area contributed by atoms with Gasteiger partial charge in [-0.25, -0.2) is 4.79 Å². The molecule has 1 aliphatic rings. The van der Waals surface area contributed by atoms with Crippen molar-refractivity contribution in [3.8, 4) is 0 Å². The zero-order chi connectivity index (χ0) is 13.1. The number of rotatable bonds is 5. The molecule has 0 spiro atoms. The van der Waals surface area contributed by atoms with E-state index in [0.29, 0.717) is 18.8 Å². The molecular formula is C12H19N3O3. The molecule has 3 N–H and O–H groups in total. The summed E-state index contributed by atoms with van der Waals surface area (Å²) in [6, 6.07) is 0. The van der Waals surface area contributed by atoms with Gasteiger partial charge in [-0.2, -0.15) is 5.10 Å². The van der Waals surface area contributed by atoms with Gasteiger partial charge >= 0.3 is 5.97 Å². The molecule has 1 heterocycles. The number of nitrogens with one attached hydrogen (secondary N) is 1. The molecule has 2 atom stereocenters. The van der Waals surface area contributed by atoms with Crippen LogP contribution in [0.15, 0.2) is 6.20 Å². The van der Waals surface area contributed by atoms with E-state index in [1.165, 1.54) is 6.20 Å². The van der Waals surface area contributed by atoms with Gasteiger partial charge < -0.3 is 15.5 Å². The number of carboxylic acids is 1. The molecule has 0 saturated heterocycles. The second-order valence-corrected chi connectivity index (χ2v) is 4.82. The maximum atomic E-state index is 11.0. The summed E-state index contributed by atoms with van der Waals surface area (Å²) in [7, 11) is 1.73. The van der Waals surface area contributed by atoms with Crippen LogP contribution in [0.2, 0.25) is 0 Å². The minimum absolute atomic E-state index is 0.219. The minimum Gasteiger partial charge on any atom is -0.478 e. The molecule has 1 saturated carbocycles. The first-order valence-corrected chi connectivity index (χ1v) is 6.22. The molecule has 1 aliphatic carbocycles. The first-order chi connectivity index (χ1) is 8.59. The van der Waals surface area contributed by atoms with Gasteiger partial charge in [0.1, 0.15) is 5.56 Å². The fraction of sp³-hybridized carbons (Fsp3) is 0.667. The lowest BCUT2D eigenvalue weighted by molar-refractivity contribution is 0.0695. The van der Waals surface area contributed by atoms with Gasteiger partial charge in [0.2, 0.25) is 0 Å². The van der Waals surface area contributed by atoms with Crippen LogP contribution in [0.5, 0.6) is 0 Å². The lowest BCUT2D eigenvalue weighted by Gasteiger charge is -2.15. The summed E-state index contributed by atoms with van der Waals surface area (Å²) in [5.74, 6) is -0.674. The summed E-state index contributed by atoms with van der Waals surface area (Å²) in [5.41, 5.74) is 0.895. The highest BCUT2D eigenvalue weighted by Crippen LogP contribution is 2.24. The number of aryl methyl sites for hydroxylation is 1. The van der Waals surface area contributed by atoms with Gasteiger partial charge in [-0.15, -0.1) is 0 Å². The van der Waals surface area contributed by atoms with Crippen LogP contribution in [-0.2, 0) is 13.6 Å². The molecule has 2 rings (SSSR count). The number of nitrogens with zero attached hydrogens (tertiary/aromatic N) is 2. The van der Waals surface area contributed by atoms with Crippen LogP contribution in [0.1, 0.15) is 35.3 Å². The van der Waals surface area contributed by atoms with E-state index in [1.807, 2.05) is 0 Å². The number of aromatic carboxylic acids is 1. The molecule has 0 bridgehead atoms. The highest BCUT2D eigenvalue weighted by atomic mass is 16.4. The Morgan fingerprint density at radius 2 is 2.39 bits per heavy atom. The van der Waals surface area contributed by atoms with Crippen molar-refractivity contribution in [2.24, 2.45) is 13.0 Å². The number of aromatic nitrogens is 2. The second-order valence-electron chi connectivity index (χ2n) is 4.82. The average Bonchev–Trinajstić information content (AvgIpc) is 2.87. The highest BCUT2D eigenvalue weighted by Gasteiger charge is 2.24. The summed E-state index contributed by atoms with van der Waals surface area (Å²) in [4.78, 5) is 11.0. The third-order valence-corrected chi connectivity index (χ3v) is 3.61. The second kappa shape index (κ2) is 5.49. The normalized spacial score (nSPS) is 23.4. The molecule has 1 aromatic heterocycles. The van der Waals surface area contributed by atoms with E-state index >= 15 is 0 Å². The number of carboxylic acid groups (broad SMARTS) is 1. The van der Waals surface area contributed by atoms with Crippen LogP contribution in [0.4, 0.5) is 0 Å². The van der Waals surface area contributed by atoms with Gasteiger partial charge in [0.05, 0.1) is 18.0 Å². The predicted octanol–water partition coefficient (Wildman–Crippen LogP) is 0.369. The third-order valence-electron chi connectivity index (χ3n) is 3.61. The summed E-state index contributed by atoms with van der Waals surface area (Å²) >= 11 is 0. The van der Waals surface area contributed by atoms with Crippen LogP contribution < -0.4 is 5.32 Å². The minimum atomic E-state index is -0.958. The summed E-state index contributed by atoms with van der Waals surface area (Å²) < 4.78 is 1.57. The van der Waals surface area contributed by atoms with E-state index in [4.69, 9.17) is 5.11 Å². The predicted molar refractivity (Wildman–Crippen MR) is 65.2 cm³/mol. The Morgan fingerprint density at radius 3 is 3.00 bits per heavy atom. The van der Waals surface area contributed by atoms with Crippen molar-refractivity contribution in [1.82, 2.24) is 15.1 Å². The van der Waals surface area contributed by atoms with E-state index < -0.39 is 5.97 Å². The molecular weight excluding hydrogens is 234 g/mol. The summed E-state index contributed by atoms with van der Waals surface area (Å²) in [6.45, 7) is 1.17. The molecule has 0 radical (unpaired) electrons. The van der Waals surface area contributed by atoms with Crippen LogP contribution in [0.3, 0.4) is 0 Å². The number of hydrogen-bond donors (Lipinski definition) is 3. The largest absolute Gasteiger partial charge is 0.478 e. The fourth-order valence-corrected chi connectivity index (χ4v) is 2.48. The maximum absolute atomic E-state index is 11.0. The average molecular weight is 253 g/mol. The van der Waals surface area contributed by atoms with Crippen LogP contribution in [0.25, 0.3) is 0 Å². The molecule has 0 aromatic carbocycles. The highest BCUT2D eigenvalue weighted by molar-refractivity contribution is 5.88. The van der Waals surface area contributed by atoms with Crippen molar-refractivity contribution in [3.05, 3.63) is 17.5 Å². The van der Waals surface area contributed by atoms with E-state index in [9.17, 15) is 9.90 Å². The zero-order valence-electron chi connectivity index (χ0n) is 10.5. The van der Waals surface area contributed by atoms with Crippen LogP contribution >= 0.6 is 0 Å². The van der Waals surface area contributed by atoms with Gasteiger partial charge in [0, 0.05) is 20.1 Å². The number of carbonyl (C=O) groups is 1. The summed E-state index contributed by atoms with van der Waals surface area (Å²) in [5, 5.41) is 25.9. The topological polar surface area (TPSA) is 87.4 Å². The van der Waals surface area contributed by atoms with Crippen molar-refractivity contribution < 1.29 is 15.0 Å². The van der Waals surface area contributed by atoms with E-state index in [2.05, 4.69) is 10.4 Å². The Morgan fingerprint density at radius 1 is 1.61 bits per heavy atom. The number of aliphatic hydroxyl groups is 1. The Hall–Kier alpha value is -1.40. The van der Waals surface area contributed by atoms with Crippen molar-refractivity contribution in [2.75, 3.05) is 6.54 Å². The Bertz CT molecular complexity index is 430. The van der Waals surface area contributed by atoms with Gasteiger partial charge in [-0.3, -0.25) is 4.68 Å². The Labute approximate surface area is 106 Å². The molecule has 6 nitrogen and oxygen atoms in total. The molecule has 100 valence electrons. The fourth-order valence-electron chi connectivity index (χ4n) is 2.48. The number of aliphatic hydroxyl groups excluding tert-OH is 1. The molecule has 2 unspecified atom stereocenters. The van der Waals surface area contributed by atoms with Gasteiger partial charge in [0.25, 0.3) is 0 Å². The zero-order valence-corrected chi connectivity index (χ0v) is 10.5. The third kappa shape index (κ3) is 2.70. The molecule has 18 heavy (non-hydrogen) atoms. The van der Waals surface area contributed by atoms with Crippen molar-refractivity contribution in [3.63, 3.8) is 0 Å². The molecule has 0 amide bonds. The van der Waals surface area contributed by atoms with E-state index in [-0.39, 0.29) is 17.6 Å². The maximum Gasteiger partial charge on any atom is 0.339 e. The molecule has 0 aliphatic heterocycles. The van der Waals surface area contributed by atoms with Crippen molar-refractivity contribution >= 4 is 5.97 Å². The van der Waals surface area contributed by atoms with Gasteiger partial charge in [-0.1, -0.05) is 6.42 Å². The lowest BCUT2D eigenvalue weighted by atomic mass is 10.1. The quantitative estimate of drug-likeness (QED) is 0.705. The Balaban J connectivity index is 1.90.